The quantitative estimate of drug-likeness (QED) is 0.408. The molecule has 1 aromatic carbocycles. The topological polar surface area (TPSA) is 102 Å². The number of anilines is 2. The van der Waals surface area contributed by atoms with Crippen LogP contribution in [0.5, 0.6) is 5.75 Å². The van der Waals surface area contributed by atoms with Crippen molar-refractivity contribution in [2.75, 3.05) is 32.6 Å². The number of methoxy groups -OCH3 is 2. The van der Waals surface area contributed by atoms with Crippen molar-refractivity contribution in [2.24, 2.45) is 5.84 Å². The second-order valence-electron chi connectivity index (χ2n) is 7.17. The Morgan fingerprint density at radius 1 is 1.28 bits per heavy atom. The van der Waals surface area contributed by atoms with E-state index in [2.05, 4.69) is 31.8 Å². The van der Waals surface area contributed by atoms with Crippen LogP contribution < -0.4 is 21.3 Å². The van der Waals surface area contributed by atoms with Gasteiger partial charge in [0.2, 0.25) is 0 Å². The molecule has 3 heterocycles. The molecule has 0 unspecified atom stereocenters. The van der Waals surface area contributed by atoms with Gasteiger partial charge in [0.05, 0.1) is 13.2 Å². The third-order valence-electron chi connectivity index (χ3n) is 5.42. The second-order valence-corrected chi connectivity index (χ2v) is 7.17. The van der Waals surface area contributed by atoms with Crippen LogP contribution in [0.4, 0.5) is 11.5 Å². The Morgan fingerprint density at radius 3 is 2.97 bits per heavy atom. The first-order valence-electron chi connectivity index (χ1n) is 9.65. The van der Waals surface area contributed by atoms with E-state index in [9.17, 15) is 0 Å². The Hall–Kier alpha value is -2.72. The monoisotopic (exact) mass is 397 g/mol. The molecule has 0 radical (unpaired) electrons. The van der Waals surface area contributed by atoms with Crippen LogP contribution in [-0.2, 0) is 11.3 Å². The predicted octanol–water partition coefficient (Wildman–Crippen LogP) is 1.53. The maximum atomic E-state index is 5.65. The van der Waals surface area contributed by atoms with Crippen LogP contribution in [0.25, 0.3) is 5.52 Å². The summed E-state index contributed by atoms with van der Waals surface area (Å²) >= 11 is 0. The molecule has 0 bridgehead atoms. The van der Waals surface area contributed by atoms with Gasteiger partial charge in [-0.3, -0.25) is 16.2 Å². The number of fused-ring (bicyclic) bond motifs is 1. The first kappa shape index (κ1) is 19.6. The molecule has 1 saturated heterocycles. The van der Waals surface area contributed by atoms with E-state index in [-0.39, 0.29) is 12.1 Å². The van der Waals surface area contributed by atoms with E-state index in [1.807, 2.05) is 35.0 Å². The number of likely N-dealkylation sites (tertiary alicyclic amines) is 1. The molecule has 2 atom stereocenters. The fourth-order valence-electron chi connectivity index (χ4n) is 3.87. The zero-order valence-electron chi connectivity index (χ0n) is 16.7. The molecule has 29 heavy (non-hydrogen) atoms. The molecule has 9 heteroatoms. The van der Waals surface area contributed by atoms with Crippen molar-refractivity contribution in [1.29, 1.82) is 0 Å². The lowest BCUT2D eigenvalue weighted by atomic mass is 10.0. The number of rotatable bonds is 7. The summed E-state index contributed by atoms with van der Waals surface area (Å²) in [5.74, 6) is 7.20. The molecular formula is C20H27N7O2. The maximum Gasteiger partial charge on any atom is 0.158 e. The summed E-state index contributed by atoms with van der Waals surface area (Å²) < 4.78 is 12.8. The van der Waals surface area contributed by atoms with Crippen molar-refractivity contribution in [3.63, 3.8) is 0 Å². The molecule has 9 nitrogen and oxygen atoms in total. The van der Waals surface area contributed by atoms with Crippen LogP contribution in [0.3, 0.4) is 0 Å². The summed E-state index contributed by atoms with van der Waals surface area (Å²) in [5.41, 5.74) is 5.89. The second kappa shape index (κ2) is 8.75. The number of benzene rings is 1. The van der Waals surface area contributed by atoms with Gasteiger partial charge in [-0.15, -0.1) is 0 Å². The van der Waals surface area contributed by atoms with E-state index in [1.165, 1.54) is 0 Å². The van der Waals surface area contributed by atoms with Gasteiger partial charge in [-0.1, -0.05) is 6.07 Å². The molecule has 1 fully saturated rings. The number of nitrogens with two attached hydrogens (primary N) is 1. The molecule has 1 aliphatic heterocycles. The minimum atomic E-state index is 0.0632. The number of hydrogen-bond donors (Lipinski definition) is 3. The number of nitrogens with one attached hydrogen (secondary N) is 2. The zero-order valence-corrected chi connectivity index (χ0v) is 16.7. The highest BCUT2D eigenvalue weighted by Gasteiger charge is 2.29. The molecule has 3 aromatic rings. The van der Waals surface area contributed by atoms with Crippen LogP contribution in [-0.4, -0.2) is 59.0 Å². The molecule has 0 spiro atoms. The summed E-state index contributed by atoms with van der Waals surface area (Å²) in [6.45, 7) is 2.54. The lowest BCUT2D eigenvalue weighted by Gasteiger charge is -2.37. The molecule has 4 N–H and O–H groups in total. The van der Waals surface area contributed by atoms with Crippen molar-refractivity contribution in [3.8, 4) is 5.75 Å². The first-order valence-corrected chi connectivity index (χ1v) is 9.65. The summed E-state index contributed by atoms with van der Waals surface area (Å²) in [4.78, 5) is 6.86. The number of ether oxygens (including phenoxy) is 2. The van der Waals surface area contributed by atoms with Gasteiger partial charge in [0.25, 0.3) is 0 Å². The number of piperidine rings is 1. The van der Waals surface area contributed by atoms with E-state index in [1.54, 1.807) is 20.5 Å². The highest BCUT2D eigenvalue weighted by Crippen LogP contribution is 2.26. The van der Waals surface area contributed by atoms with Gasteiger partial charge in [0, 0.05) is 50.7 Å². The first-order chi connectivity index (χ1) is 14.2. The highest BCUT2D eigenvalue weighted by molar-refractivity contribution is 5.76. The fourth-order valence-corrected chi connectivity index (χ4v) is 3.87. The summed E-state index contributed by atoms with van der Waals surface area (Å²) in [6, 6.07) is 10.0. The minimum Gasteiger partial charge on any atom is -0.497 e. The third-order valence-corrected chi connectivity index (χ3v) is 5.42. The van der Waals surface area contributed by atoms with Gasteiger partial charge >= 0.3 is 0 Å². The molecule has 1 aliphatic rings. The smallest absolute Gasteiger partial charge is 0.158 e. The number of hydrazine groups is 1. The molecule has 2 aromatic heterocycles. The summed E-state index contributed by atoms with van der Waals surface area (Å²) in [5, 5.41) is 7.76. The summed E-state index contributed by atoms with van der Waals surface area (Å²) in [7, 11) is 3.39. The van der Waals surface area contributed by atoms with E-state index < -0.39 is 0 Å². The molecule has 4 rings (SSSR count). The van der Waals surface area contributed by atoms with Crippen molar-refractivity contribution in [3.05, 3.63) is 48.4 Å². The van der Waals surface area contributed by atoms with Gasteiger partial charge in [0.1, 0.15) is 17.6 Å². The minimum absolute atomic E-state index is 0.0632. The predicted molar refractivity (Wildman–Crippen MR) is 111 cm³/mol. The van der Waals surface area contributed by atoms with Crippen molar-refractivity contribution < 1.29 is 9.47 Å². The normalized spacial score (nSPS) is 20.1. The molecular weight excluding hydrogens is 370 g/mol. The van der Waals surface area contributed by atoms with Crippen LogP contribution in [0.2, 0.25) is 0 Å². The van der Waals surface area contributed by atoms with Gasteiger partial charge in [0.15, 0.2) is 5.82 Å². The largest absolute Gasteiger partial charge is 0.497 e. The third kappa shape index (κ3) is 4.18. The SMILES string of the molecule is COc1cccc(Nc2ncnn3ccc(CN4CC[C@@H](NN)[C@H](OC)C4)c23)c1. The number of nitrogens with zero attached hydrogens (tertiary/aromatic N) is 4. The fraction of sp³-hybridized carbons (Fsp3) is 0.400. The average Bonchev–Trinajstić information content (AvgIpc) is 3.17. The van der Waals surface area contributed by atoms with Crippen LogP contribution in [0.15, 0.2) is 42.9 Å². The van der Waals surface area contributed by atoms with Crippen LogP contribution in [0.1, 0.15) is 12.0 Å². The Labute approximate surface area is 169 Å². The Kier molecular flexibility index (Phi) is 5.91. The van der Waals surface area contributed by atoms with Gasteiger partial charge in [-0.05, 0) is 30.2 Å². The Bertz CT molecular complexity index is 961. The summed E-state index contributed by atoms with van der Waals surface area (Å²) in [6.07, 6.45) is 4.52. The van der Waals surface area contributed by atoms with Crippen LogP contribution in [0, 0.1) is 0 Å². The number of hydrogen-bond acceptors (Lipinski definition) is 8. The molecule has 0 amide bonds. The standard InChI is InChI=1S/C20H27N7O2/c1-28-16-5-3-4-15(10-16)24-20-19-14(6-9-27(19)23-13-22-20)11-26-8-7-17(25-21)18(12-26)29-2/h3-6,9-10,13,17-18,25H,7-8,11-12,21H2,1-2H3,(H,22,23,24)/t17-,18-/m1/s1. The molecule has 0 aliphatic carbocycles. The Balaban J connectivity index is 1.58. The molecule has 154 valence electrons. The maximum absolute atomic E-state index is 5.65. The van der Waals surface area contributed by atoms with E-state index in [0.717, 1.165) is 54.4 Å². The van der Waals surface area contributed by atoms with Gasteiger partial charge in [-0.25, -0.2) is 9.50 Å². The Morgan fingerprint density at radius 2 is 2.17 bits per heavy atom. The number of aromatic nitrogens is 3. The van der Waals surface area contributed by atoms with Gasteiger partial charge in [-0.2, -0.15) is 5.10 Å². The molecule has 0 saturated carbocycles. The lowest BCUT2D eigenvalue weighted by Crippen LogP contribution is -2.55. The van der Waals surface area contributed by atoms with E-state index in [0.29, 0.717) is 0 Å². The van der Waals surface area contributed by atoms with E-state index >= 15 is 0 Å². The average molecular weight is 397 g/mol. The van der Waals surface area contributed by atoms with Crippen molar-refractivity contribution >= 4 is 17.0 Å². The highest BCUT2D eigenvalue weighted by atomic mass is 16.5. The zero-order chi connectivity index (χ0) is 20.2. The van der Waals surface area contributed by atoms with E-state index in [4.69, 9.17) is 15.3 Å². The van der Waals surface area contributed by atoms with Crippen molar-refractivity contribution in [2.45, 2.75) is 25.1 Å². The lowest BCUT2D eigenvalue weighted by molar-refractivity contribution is 0.00347. The van der Waals surface area contributed by atoms with Gasteiger partial charge < -0.3 is 14.8 Å². The van der Waals surface area contributed by atoms with Crippen LogP contribution >= 0.6 is 0 Å². The van der Waals surface area contributed by atoms with Crippen molar-refractivity contribution in [1.82, 2.24) is 24.9 Å².